The molecule has 0 atom stereocenters. The first kappa shape index (κ1) is 15.0. The van der Waals surface area contributed by atoms with Crippen molar-refractivity contribution in [2.75, 3.05) is 7.11 Å². The minimum absolute atomic E-state index is 0.292. The smallest absolute Gasteiger partial charge is 0.356 e. The molecule has 1 aliphatic heterocycles. The molecule has 3 heterocycles. The van der Waals surface area contributed by atoms with Gasteiger partial charge in [0.05, 0.1) is 18.5 Å². The summed E-state index contributed by atoms with van der Waals surface area (Å²) in [4.78, 5) is 17.2. The fourth-order valence-electron chi connectivity index (χ4n) is 3.87. The summed E-state index contributed by atoms with van der Waals surface area (Å²) in [7, 11) is 3.51. The van der Waals surface area contributed by atoms with E-state index in [9.17, 15) is 4.79 Å². The van der Waals surface area contributed by atoms with Gasteiger partial charge in [-0.1, -0.05) is 31.5 Å². The van der Waals surface area contributed by atoms with Crippen molar-refractivity contribution in [3.05, 3.63) is 41.2 Å². The van der Waals surface area contributed by atoms with E-state index in [1.54, 1.807) is 0 Å². The zero-order valence-electron chi connectivity index (χ0n) is 14.3. The number of fused-ring (bicyclic) bond motifs is 5. The Labute approximate surface area is 140 Å². The van der Waals surface area contributed by atoms with Crippen molar-refractivity contribution in [1.82, 2.24) is 14.1 Å². The molecule has 0 N–H and O–H groups in total. The van der Waals surface area contributed by atoms with Gasteiger partial charge in [0.1, 0.15) is 0 Å². The van der Waals surface area contributed by atoms with E-state index in [0.717, 1.165) is 43.0 Å². The molecule has 0 radical (unpaired) electrons. The largest absolute Gasteiger partial charge is 0.464 e. The lowest BCUT2D eigenvalue weighted by Gasteiger charge is -2.18. The standard InChI is InChI=1S/C19H21N3O2/c1-4-7-14-17(19(23)24-3)22-11-10-13-12-8-5-6-9-15(12)21(2)16(13)18(22)20-14/h5-6,8-9H,4,7,10-11H2,1-3H3. The van der Waals surface area contributed by atoms with Crippen LogP contribution < -0.4 is 0 Å². The number of hydrogen-bond donors (Lipinski definition) is 0. The molecule has 0 saturated carbocycles. The van der Waals surface area contributed by atoms with Gasteiger partial charge in [0.25, 0.3) is 0 Å². The monoisotopic (exact) mass is 323 g/mol. The summed E-state index contributed by atoms with van der Waals surface area (Å²) in [6, 6.07) is 8.44. The topological polar surface area (TPSA) is 49.1 Å². The molecule has 1 aliphatic rings. The van der Waals surface area contributed by atoms with Crippen LogP contribution >= 0.6 is 0 Å². The summed E-state index contributed by atoms with van der Waals surface area (Å²) in [5.41, 5.74) is 5.11. The second kappa shape index (κ2) is 5.51. The van der Waals surface area contributed by atoms with E-state index in [1.807, 2.05) is 4.57 Å². The molecule has 2 aromatic heterocycles. The number of para-hydroxylation sites is 1. The van der Waals surface area contributed by atoms with Crippen LogP contribution in [0.1, 0.15) is 35.1 Å². The molecule has 5 nitrogen and oxygen atoms in total. The fourth-order valence-corrected chi connectivity index (χ4v) is 3.87. The van der Waals surface area contributed by atoms with E-state index in [4.69, 9.17) is 9.72 Å². The third-order valence-electron chi connectivity index (χ3n) is 4.91. The van der Waals surface area contributed by atoms with Gasteiger partial charge in [-0.3, -0.25) is 0 Å². The SMILES string of the molecule is CCCc1nc2n(c1C(=O)OC)CCc1c-2n(C)c2ccccc12. The highest BCUT2D eigenvalue weighted by atomic mass is 16.5. The summed E-state index contributed by atoms with van der Waals surface area (Å²) in [5, 5.41) is 1.28. The Bertz CT molecular complexity index is 949. The normalized spacial score (nSPS) is 13.0. The Morgan fingerprint density at radius 3 is 2.88 bits per heavy atom. The lowest BCUT2D eigenvalue weighted by molar-refractivity contribution is 0.0587. The van der Waals surface area contributed by atoms with Crippen molar-refractivity contribution in [3.63, 3.8) is 0 Å². The number of carbonyl (C=O) groups excluding carboxylic acids is 1. The zero-order valence-corrected chi connectivity index (χ0v) is 14.3. The quantitative estimate of drug-likeness (QED) is 0.695. The first-order valence-corrected chi connectivity index (χ1v) is 8.41. The summed E-state index contributed by atoms with van der Waals surface area (Å²) in [6.07, 6.45) is 2.63. The number of carbonyl (C=O) groups is 1. The molecule has 0 aliphatic carbocycles. The number of esters is 1. The highest BCUT2D eigenvalue weighted by Crippen LogP contribution is 2.37. The fraction of sp³-hybridized carbons (Fsp3) is 0.368. The van der Waals surface area contributed by atoms with Crippen LogP contribution in [0.2, 0.25) is 0 Å². The zero-order chi connectivity index (χ0) is 16.8. The van der Waals surface area contributed by atoms with Gasteiger partial charge in [0.15, 0.2) is 11.5 Å². The molecule has 0 unspecified atom stereocenters. The highest BCUT2D eigenvalue weighted by molar-refractivity contribution is 5.94. The van der Waals surface area contributed by atoms with Gasteiger partial charge in [0.2, 0.25) is 0 Å². The maximum atomic E-state index is 12.3. The molecule has 3 aromatic rings. The predicted molar refractivity (Wildman–Crippen MR) is 93.2 cm³/mol. The molecule has 24 heavy (non-hydrogen) atoms. The molecule has 0 amide bonds. The molecular formula is C19H21N3O2. The number of imidazole rings is 1. The predicted octanol–water partition coefficient (Wildman–Crippen LogP) is 3.34. The van der Waals surface area contributed by atoms with Gasteiger partial charge in [-0.15, -0.1) is 0 Å². The third kappa shape index (κ3) is 1.94. The number of rotatable bonds is 3. The van der Waals surface area contributed by atoms with Gasteiger partial charge in [-0.25, -0.2) is 9.78 Å². The number of aromatic nitrogens is 3. The summed E-state index contributed by atoms with van der Waals surface area (Å²) in [6.45, 7) is 2.86. The highest BCUT2D eigenvalue weighted by Gasteiger charge is 2.30. The first-order chi connectivity index (χ1) is 11.7. The van der Waals surface area contributed by atoms with Crippen LogP contribution in [-0.2, 0) is 31.2 Å². The summed E-state index contributed by atoms with van der Waals surface area (Å²) >= 11 is 0. The maximum Gasteiger partial charge on any atom is 0.356 e. The van der Waals surface area contributed by atoms with E-state index < -0.39 is 0 Å². The Morgan fingerprint density at radius 1 is 1.33 bits per heavy atom. The van der Waals surface area contributed by atoms with Gasteiger partial charge in [0, 0.05) is 24.5 Å². The van der Waals surface area contributed by atoms with Crippen LogP contribution in [0.4, 0.5) is 0 Å². The number of hydrogen-bond acceptors (Lipinski definition) is 3. The van der Waals surface area contributed by atoms with Crippen LogP contribution in [0, 0.1) is 0 Å². The Kier molecular flexibility index (Phi) is 3.44. The molecule has 4 rings (SSSR count). The van der Waals surface area contributed by atoms with Crippen LogP contribution in [0.3, 0.4) is 0 Å². The summed E-state index contributed by atoms with van der Waals surface area (Å²) < 4.78 is 9.25. The number of nitrogens with zero attached hydrogens (tertiary/aromatic N) is 3. The number of ether oxygens (including phenoxy) is 1. The van der Waals surface area contributed by atoms with Crippen LogP contribution in [0.25, 0.3) is 22.4 Å². The number of aryl methyl sites for hydroxylation is 3. The Morgan fingerprint density at radius 2 is 2.12 bits per heavy atom. The van der Waals surface area contributed by atoms with Crippen molar-refractivity contribution in [3.8, 4) is 11.5 Å². The van der Waals surface area contributed by atoms with Crippen molar-refractivity contribution in [1.29, 1.82) is 0 Å². The van der Waals surface area contributed by atoms with Crippen molar-refractivity contribution < 1.29 is 9.53 Å². The van der Waals surface area contributed by atoms with Crippen LogP contribution in [-0.4, -0.2) is 27.2 Å². The average molecular weight is 323 g/mol. The van der Waals surface area contributed by atoms with E-state index >= 15 is 0 Å². The average Bonchev–Trinajstić information content (AvgIpc) is 3.11. The van der Waals surface area contributed by atoms with Gasteiger partial charge >= 0.3 is 5.97 Å². The van der Waals surface area contributed by atoms with Crippen molar-refractivity contribution in [2.24, 2.45) is 7.05 Å². The van der Waals surface area contributed by atoms with Gasteiger partial charge < -0.3 is 13.9 Å². The molecule has 1 aromatic carbocycles. The van der Waals surface area contributed by atoms with E-state index in [1.165, 1.54) is 23.6 Å². The second-order valence-electron chi connectivity index (χ2n) is 6.28. The van der Waals surface area contributed by atoms with Crippen molar-refractivity contribution >= 4 is 16.9 Å². The van der Waals surface area contributed by atoms with E-state index in [-0.39, 0.29) is 5.97 Å². The van der Waals surface area contributed by atoms with Crippen LogP contribution in [0.15, 0.2) is 24.3 Å². The lowest BCUT2D eigenvalue weighted by Crippen LogP contribution is -2.18. The van der Waals surface area contributed by atoms with E-state index in [0.29, 0.717) is 5.69 Å². The second-order valence-corrected chi connectivity index (χ2v) is 6.28. The molecule has 124 valence electrons. The molecule has 0 fully saturated rings. The Balaban J connectivity index is 2.01. The third-order valence-corrected chi connectivity index (χ3v) is 4.91. The van der Waals surface area contributed by atoms with E-state index in [2.05, 4.69) is 42.8 Å². The lowest BCUT2D eigenvalue weighted by atomic mass is 10.0. The number of methoxy groups -OCH3 is 1. The maximum absolute atomic E-state index is 12.3. The molecular weight excluding hydrogens is 302 g/mol. The Hall–Kier alpha value is -2.56. The minimum Gasteiger partial charge on any atom is -0.464 e. The molecule has 0 spiro atoms. The summed E-state index contributed by atoms with van der Waals surface area (Å²) in [5.74, 6) is 0.596. The van der Waals surface area contributed by atoms with Crippen molar-refractivity contribution in [2.45, 2.75) is 32.7 Å². The minimum atomic E-state index is -0.292. The molecule has 5 heteroatoms. The van der Waals surface area contributed by atoms with Crippen LogP contribution in [0.5, 0.6) is 0 Å². The van der Waals surface area contributed by atoms with Gasteiger partial charge in [-0.05, 0) is 24.5 Å². The van der Waals surface area contributed by atoms with Gasteiger partial charge in [-0.2, -0.15) is 0 Å². The number of benzene rings is 1. The molecule has 0 bridgehead atoms. The first-order valence-electron chi connectivity index (χ1n) is 8.41. The molecule has 0 saturated heterocycles.